The van der Waals surface area contributed by atoms with E-state index < -0.39 is 0 Å². The van der Waals surface area contributed by atoms with Gasteiger partial charge < -0.3 is 14.8 Å². The van der Waals surface area contributed by atoms with Gasteiger partial charge in [-0.15, -0.1) is 0 Å². The molecule has 1 aromatic carbocycles. The summed E-state index contributed by atoms with van der Waals surface area (Å²) in [5, 5.41) is 2.98. The van der Waals surface area contributed by atoms with Crippen molar-refractivity contribution in [3.05, 3.63) is 30.3 Å². The van der Waals surface area contributed by atoms with Crippen LogP contribution in [0.5, 0.6) is 0 Å². The Morgan fingerprint density at radius 2 is 2.00 bits per heavy atom. The van der Waals surface area contributed by atoms with Gasteiger partial charge in [0.05, 0.1) is 6.61 Å². The van der Waals surface area contributed by atoms with E-state index in [0.717, 1.165) is 12.1 Å². The second-order valence-corrected chi connectivity index (χ2v) is 3.29. The van der Waals surface area contributed by atoms with E-state index in [1.807, 2.05) is 30.3 Å². The van der Waals surface area contributed by atoms with Gasteiger partial charge in [0.1, 0.15) is 6.54 Å². The summed E-state index contributed by atoms with van der Waals surface area (Å²) in [7, 11) is 1.62. The van der Waals surface area contributed by atoms with Crippen LogP contribution in [0.25, 0.3) is 0 Å². The molecule has 0 saturated heterocycles. The molecule has 1 aromatic rings. The number of rotatable bonds is 7. The van der Waals surface area contributed by atoms with E-state index >= 15 is 0 Å². The van der Waals surface area contributed by atoms with Crippen LogP contribution in [0, 0.1) is 0 Å². The smallest absolute Gasteiger partial charge is 0.325 e. The van der Waals surface area contributed by atoms with Gasteiger partial charge in [-0.3, -0.25) is 4.79 Å². The van der Waals surface area contributed by atoms with Crippen LogP contribution < -0.4 is 5.32 Å². The molecule has 0 atom stereocenters. The highest BCUT2D eigenvalue weighted by molar-refractivity contribution is 5.74. The van der Waals surface area contributed by atoms with Crippen molar-refractivity contribution in [1.82, 2.24) is 0 Å². The lowest BCUT2D eigenvalue weighted by atomic mass is 10.3. The zero-order chi connectivity index (χ0) is 11.6. The normalized spacial score (nSPS) is 9.81. The third-order valence-corrected chi connectivity index (χ3v) is 1.97. The first-order chi connectivity index (χ1) is 7.83. The molecule has 4 heteroatoms. The molecule has 0 unspecified atom stereocenters. The van der Waals surface area contributed by atoms with Crippen LogP contribution in [0.3, 0.4) is 0 Å². The zero-order valence-corrected chi connectivity index (χ0v) is 9.44. The Morgan fingerprint density at radius 3 is 2.69 bits per heavy atom. The largest absolute Gasteiger partial charge is 0.464 e. The van der Waals surface area contributed by atoms with E-state index in [-0.39, 0.29) is 12.5 Å². The van der Waals surface area contributed by atoms with Gasteiger partial charge >= 0.3 is 5.97 Å². The van der Waals surface area contributed by atoms with Crippen molar-refractivity contribution >= 4 is 11.7 Å². The standard InChI is InChI=1S/C12H17NO3/c1-15-8-5-9-16-12(14)10-13-11-6-3-2-4-7-11/h2-4,6-7,13H,5,8-10H2,1H3. The lowest BCUT2D eigenvalue weighted by Crippen LogP contribution is -2.17. The van der Waals surface area contributed by atoms with Gasteiger partial charge in [-0.2, -0.15) is 0 Å². The Balaban J connectivity index is 2.11. The van der Waals surface area contributed by atoms with Gasteiger partial charge in [-0.25, -0.2) is 0 Å². The van der Waals surface area contributed by atoms with E-state index in [2.05, 4.69) is 5.32 Å². The number of methoxy groups -OCH3 is 1. The van der Waals surface area contributed by atoms with E-state index in [4.69, 9.17) is 9.47 Å². The monoisotopic (exact) mass is 223 g/mol. The van der Waals surface area contributed by atoms with Crippen LogP contribution in [0.1, 0.15) is 6.42 Å². The first kappa shape index (κ1) is 12.5. The highest BCUT2D eigenvalue weighted by Gasteiger charge is 2.01. The molecule has 1 N–H and O–H groups in total. The van der Waals surface area contributed by atoms with Crippen LogP contribution in [-0.2, 0) is 14.3 Å². The first-order valence-electron chi connectivity index (χ1n) is 5.26. The van der Waals surface area contributed by atoms with Crippen molar-refractivity contribution in [2.24, 2.45) is 0 Å². The minimum Gasteiger partial charge on any atom is -0.464 e. The molecule has 1 rings (SSSR count). The van der Waals surface area contributed by atoms with Gasteiger partial charge in [0, 0.05) is 25.8 Å². The summed E-state index contributed by atoms with van der Waals surface area (Å²) < 4.78 is 9.83. The molecule has 0 aliphatic carbocycles. The SMILES string of the molecule is COCCCOC(=O)CNc1ccccc1. The minimum absolute atomic E-state index is 0.191. The summed E-state index contributed by atoms with van der Waals surface area (Å²) in [6.07, 6.45) is 0.730. The quantitative estimate of drug-likeness (QED) is 0.564. The third kappa shape index (κ3) is 5.36. The summed E-state index contributed by atoms with van der Waals surface area (Å²) in [5.41, 5.74) is 0.913. The topological polar surface area (TPSA) is 47.6 Å². The first-order valence-corrected chi connectivity index (χ1v) is 5.26. The highest BCUT2D eigenvalue weighted by Crippen LogP contribution is 2.03. The third-order valence-electron chi connectivity index (χ3n) is 1.97. The van der Waals surface area contributed by atoms with Gasteiger partial charge in [0.2, 0.25) is 0 Å². The van der Waals surface area contributed by atoms with Crippen molar-refractivity contribution in [3.63, 3.8) is 0 Å². The van der Waals surface area contributed by atoms with Crippen LogP contribution in [0.15, 0.2) is 30.3 Å². The number of nitrogens with one attached hydrogen (secondary N) is 1. The molecule has 0 spiro atoms. The molecule has 0 saturated carbocycles. The average Bonchev–Trinajstić information content (AvgIpc) is 2.33. The maximum Gasteiger partial charge on any atom is 0.325 e. The van der Waals surface area contributed by atoms with Gasteiger partial charge in [0.25, 0.3) is 0 Å². The van der Waals surface area contributed by atoms with Crippen LogP contribution in [0.4, 0.5) is 5.69 Å². The van der Waals surface area contributed by atoms with Crippen molar-refractivity contribution in [3.8, 4) is 0 Å². The molecular formula is C12H17NO3. The molecule has 0 aromatic heterocycles. The fourth-order valence-corrected chi connectivity index (χ4v) is 1.17. The van der Waals surface area contributed by atoms with Crippen molar-refractivity contribution in [1.29, 1.82) is 0 Å². The molecule has 0 amide bonds. The molecule has 0 aliphatic rings. The molecule has 0 radical (unpaired) electrons. The van der Waals surface area contributed by atoms with E-state index in [1.54, 1.807) is 7.11 Å². The van der Waals surface area contributed by atoms with Crippen LogP contribution in [-0.4, -0.2) is 32.8 Å². The molecule has 88 valence electrons. The van der Waals surface area contributed by atoms with Gasteiger partial charge in [-0.1, -0.05) is 18.2 Å². The maximum atomic E-state index is 11.3. The summed E-state index contributed by atoms with van der Waals surface area (Å²) in [6, 6.07) is 9.54. The molecule has 0 heterocycles. The lowest BCUT2D eigenvalue weighted by Gasteiger charge is -2.06. The molecule has 4 nitrogen and oxygen atoms in total. The van der Waals surface area contributed by atoms with Crippen molar-refractivity contribution in [2.75, 3.05) is 32.2 Å². The molecular weight excluding hydrogens is 206 g/mol. The number of anilines is 1. The zero-order valence-electron chi connectivity index (χ0n) is 9.44. The number of carbonyl (C=O) groups is 1. The Morgan fingerprint density at radius 1 is 1.25 bits per heavy atom. The van der Waals surface area contributed by atoms with Crippen LogP contribution >= 0.6 is 0 Å². The lowest BCUT2D eigenvalue weighted by molar-refractivity contribution is -0.141. The minimum atomic E-state index is -0.250. The Labute approximate surface area is 95.6 Å². The number of esters is 1. The fourth-order valence-electron chi connectivity index (χ4n) is 1.17. The van der Waals surface area contributed by atoms with E-state index in [0.29, 0.717) is 13.2 Å². The van der Waals surface area contributed by atoms with Crippen molar-refractivity contribution < 1.29 is 14.3 Å². The molecule has 16 heavy (non-hydrogen) atoms. The summed E-state index contributed by atoms with van der Waals surface area (Å²) in [4.78, 5) is 11.3. The van der Waals surface area contributed by atoms with E-state index in [9.17, 15) is 4.79 Å². The summed E-state index contributed by atoms with van der Waals surface area (Å²) in [6.45, 7) is 1.21. The van der Waals surface area contributed by atoms with Gasteiger partial charge in [0.15, 0.2) is 0 Å². The predicted molar refractivity (Wildman–Crippen MR) is 62.4 cm³/mol. The number of carbonyl (C=O) groups excluding carboxylic acids is 1. The Bertz CT molecular complexity index is 300. The van der Waals surface area contributed by atoms with E-state index in [1.165, 1.54) is 0 Å². The Kier molecular flexibility index (Phi) is 6.03. The van der Waals surface area contributed by atoms with Crippen LogP contribution in [0.2, 0.25) is 0 Å². The fraction of sp³-hybridized carbons (Fsp3) is 0.417. The predicted octanol–water partition coefficient (Wildman–Crippen LogP) is 1.68. The number of hydrogen-bond acceptors (Lipinski definition) is 4. The average molecular weight is 223 g/mol. The van der Waals surface area contributed by atoms with Crippen molar-refractivity contribution in [2.45, 2.75) is 6.42 Å². The number of ether oxygens (including phenoxy) is 2. The second kappa shape index (κ2) is 7.70. The summed E-state index contributed by atoms with van der Waals surface area (Å²) in [5.74, 6) is -0.250. The number of hydrogen-bond donors (Lipinski definition) is 1. The Hall–Kier alpha value is -1.55. The molecule has 0 aliphatic heterocycles. The highest BCUT2D eigenvalue weighted by atomic mass is 16.5. The summed E-state index contributed by atoms with van der Waals surface area (Å²) >= 11 is 0. The molecule has 0 fully saturated rings. The number of benzene rings is 1. The maximum absolute atomic E-state index is 11.3. The molecule has 0 bridgehead atoms. The number of para-hydroxylation sites is 1. The second-order valence-electron chi connectivity index (χ2n) is 3.29. The van der Waals surface area contributed by atoms with Gasteiger partial charge in [-0.05, 0) is 12.1 Å².